The molecular weight excluding hydrogens is 360 g/mol. The molecule has 7 heteroatoms. The Hall–Kier alpha value is -2.25. The molecule has 6 nitrogen and oxygen atoms in total. The second-order valence-corrected chi connectivity index (χ2v) is 8.84. The van der Waals surface area contributed by atoms with Crippen molar-refractivity contribution in [3.05, 3.63) is 33.1 Å². The quantitative estimate of drug-likeness (QED) is 0.721. The molecule has 0 aliphatic carbocycles. The number of carbonyl (C=O) groups is 1. The number of hydrogen-bond donors (Lipinski definition) is 2. The summed E-state index contributed by atoms with van der Waals surface area (Å²) in [5.74, 6) is 0.308. The molecule has 27 heavy (non-hydrogen) atoms. The molecule has 0 radical (unpaired) electrons. The Labute approximate surface area is 162 Å². The van der Waals surface area contributed by atoms with Gasteiger partial charge < -0.3 is 15.2 Å². The summed E-state index contributed by atoms with van der Waals surface area (Å²) in [7, 11) is 0. The third-order valence-corrected chi connectivity index (χ3v) is 6.25. The molecule has 1 fully saturated rings. The van der Waals surface area contributed by atoms with E-state index in [2.05, 4.69) is 47.6 Å². The highest BCUT2D eigenvalue weighted by molar-refractivity contribution is 7.12. The van der Waals surface area contributed by atoms with E-state index in [1.807, 2.05) is 13.0 Å². The van der Waals surface area contributed by atoms with Gasteiger partial charge in [0.05, 0.1) is 22.3 Å². The fraction of sp³-hybridized carbons (Fsp3) is 0.450. The van der Waals surface area contributed by atoms with E-state index in [0.29, 0.717) is 28.3 Å². The summed E-state index contributed by atoms with van der Waals surface area (Å²) in [6.45, 7) is 9.99. The van der Waals surface area contributed by atoms with Crippen molar-refractivity contribution >= 4 is 28.3 Å². The monoisotopic (exact) mass is 384 g/mol. The Balaban J connectivity index is 1.77. The highest BCUT2D eigenvalue weighted by atomic mass is 32.1. The first-order chi connectivity index (χ1) is 12.9. The minimum atomic E-state index is -0.0849. The van der Waals surface area contributed by atoms with Crippen LogP contribution >= 0.6 is 11.3 Å². The van der Waals surface area contributed by atoms with Crippen molar-refractivity contribution in [2.75, 3.05) is 13.1 Å². The molecule has 1 aliphatic heterocycles. The molecule has 0 aromatic carbocycles. The minimum Gasteiger partial charge on any atom is -0.349 e. The summed E-state index contributed by atoms with van der Waals surface area (Å²) in [4.78, 5) is 20.2. The smallest absolute Gasteiger partial charge is 0.259 e. The van der Waals surface area contributed by atoms with E-state index in [-0.39, 0.29) is 11.9 Å². The first-order valence-electron chi connectivity index (χ1n) is 9.30. The number of thiophene rings is 1. The number of aryl methyl sites for hydroxylation is 3. The van der Waals surface area contributed by atoms with Crippen molar-refractivity contribution in [3.63, 3.8) is 0 Å². The van der Waals surface area contributed by atoms with Crippen molar-refractivity contribution in [1.29, 1.82) is 0 Å². The lowest BCUT2D eigenvalue weighted by atomic mass is 9.94. The van der Waals surface area contributed by atoms with Crippen molar-refractivity contribution < 1.29 is 9.32 Å². The Morgan fingerprint density at radius 1 is 1.33 bits per heavy atom. The minimum absolute atomic E-state index is 0.0849. The lowest BCUT2D eigenvalue weighted by Crippen LogP contribution is -2.48. The van der Waals surface area contributed by atoms with E-state index in [1.54, 1.807) is 11.3 Å². The second-order valence-electron chi connectivity index (χ2n) is 7.38. The molecule has 2 N–H and O–H groups in total. The predicted molar refractivity (Wildman–Crippen MR) is 107 cm³/mol. The number of pyridine rings is 1. The van der Waals surface area contributed by atoms with Crippen LogP contribution < -0.4 is 10.6 Å². The summed E-state index contributed by atoms with van der Waals surface area (Å²) < 4.78 is 5.41. The molecule has 1 aliphatic rings. The lowest BCUT2D eigenvalue weighted by molar-refractivity contribution is 0.0916. The first kappa shape index (κ1) is 18.1. The predicted octanol–water partition coefficient (Wildman–Crippen LogP) is 3.60. The first-order valence-corrected chi connectivity index (χ1v) is 10.1. The molecule has 3 aromatic rings. The van der Waals surface area contributed by atoms with Gasteiger partial charge >= 0.3 is 0 Å². The van der Waals surface area contributed by atoms with E-state index in [1.165, 1.54) is 9.75 Å². The molecular formula is C20H24N4O2S. The van der Waals surface area contributed by atoms with Gasteiger partial charge in [0, 0.05) is 21.4 Å². The van der Waals surface area contributed by atoms with Crippen LogP contribution in [-0.2, 0) is 0 Å². The van der Waals surface area contributed by atoms with E-state index < -0.39 is 0 Å². The fourth-order valence-corrected chi connectivity index (χ4v) is 4.70. The zero-order valence-corrected chi connectivity index (χ0v) is 16.9. The third kappa shape index (κ3) is 3.37. The van der Waals surface area contributed by atoms with Crippen LogP contribution in [0.2, 0.25) is 0 Å². The number of piperidine rings is 1. The highest BCUT2D eigenvalue weighted by Gasteiger charge is 2.26. The molecule has 3 aromatic heterocycles. The molecule has 0 saturated carbocycles. The van der Waals surface area contributed by atoms with Gasteiger partial charge in [0.1, 0.15) is 0 Å². The molecule has 4 heterocycles. The second kappa shape index (κ2) is 7.05. The summed E-state index contributed by atoms with van der Waals surface area (Å²) in [5, 5.41) is 11.3. The van der Waals surface area contributed by atoms with Gasteiger partial charge in [-0.15, -0.1) is 11.3 Å². The van der Waals surface area contributed by atoms with Gasteiger partial charge in [-0.25, -0.2) is 4.98 Å². The average Bonchev–Trinajstić information content (AvgIpc) is 3.18. The van der Waals surface area contributed by atoms with Crippen molar-refractivity contribution in [3.8, 4) is 11.3 Å². The van der Waals surface area contributed by atoms with Gasteiger partial charge in [0.2, 0.25) is 0 Å². The number of hydrogen-bond acceptors (Lipinski definition) is 6. The van der Waals surface area contributed by atoms with Crippen LogP contribution in [0, 0.1) is 26.7 Å². The Morgan fingerprint density at radius 2 is 2.15 bits per heavy atom. The van der Waals surface area contributed by atoms with Crippen molar-refractivity contribution in [2.24, 2.45) is 5.92 Å². The molecule has 2 unspecified atom stereocenters. The van der Waals surface area contributed by atoms with Gasteiger partial charge in [-0.05, 0) is 58.3 Å². The molecule has 0 spiro atoms. The summed E-state index contributed by atoms with van der Waals surface area (Å²) >= 11 is 1.72. The highest BCUT2D eigenvalue weighted by Crippen LogP contribution is 2.33. The summed E-state index contributed by atoms with van der Waals surface area (Å²) in [6.07, 6.45) is 0.930. The van der Waals surface area contributed by atoms with Gasteiger partial charge in [-0.1, -0.05) is 12.1 Å². The Kier molecular flexibility index (Phi) is 4.74. The van der Waals surface area contributed by atoms with Crippen LogP contribution in [-0.4, -0.2) is 35.2 Å². The van der Waals surface area contributed by atoms with Crippen molar-refractivity contribution in [1.82, 2.24) is 20.8 Å². The van der Waals surface area contributed by atoms with Crippen LogP contribution in [0.1, 0.15) is 39.2 Å². The van der Waals surface area contributed by atoms with Gasteiger partial charge in [-0.2, -0.15) is 0 Å². The molecule has 142 valence electrons. The molecule has 2 atom stereocenters. The van der Waals surface area contributed by atoms with Crippen LogP contribution in [0.25, 0.3) is 22.4 Å². The normalized spacial score (nSPS) is 20.1. The molecule has 1 amide bonds. The average molecular weight is 385 g/mol. The standard InChI is InChI=1S/C20H24N4O2S/c1-10-9-21-6-5-16(10)22-19(25)15-8-17(14-7-11(2)27-13(14)4)23-20-18(15)12(3)24-26-20/h7-8,10,16,21H,5-6,9H2,1-4H3,(H,22,25). The largest absolute Gasteiger partial charge is 0.349 e. The maximum Gasteiger partial charge on any atom is 0.259 e. The lowest BCUT2D eigenvalue weighted by Gasteiger charge is -2.30. The number of fused-ring (bicyclic) bond motifs is 1. The Bertz CT molecular complexity index is 1010. The molecule has 4 rings (SSSR count). The van der Waals surface area contributed by atoms with E-state index in [4.69, 9.17) is 4.52 Å². The summed E-state index contributed by atoms with van der Waals surface area (Å²) in [6, 6.07) is 4.14. The van der Waals surface area contributed by atoms with Crippen LogP contribution in [0.4, 0.5) is 0 Å². The molecule has 1 saturated heterocycles. The number of rotatable bonds is 3. The topological polar surface area (TPSA) is 80.0 Å². The Morgan fingerprint density at radius 3 is 2.85 bits per heavy atom. The number of nitrogens with zero attached hydrogens (tertiary/aromatic N) is 2. The molecule has 0 bridgehead atoms. The van der Waals surface area contributed by atoms with Gasteiger partial charge in [0.15, 0.2) is 0 Å². The van der Waals surface area contributed by atoms with Crippen LogP contribution in [0.5, 0.6) is 0 Å². The van der Waals surface area contributed by atoms with E-state index in [9.17, 15) is 4.79 Å². The zero-order valence-electron chi connectivity index (χ0n) is 16.0. The van der Waals surface area contributed by atoms with Crippen molar-refractivity contribution in [2.45, 2.75) is 40.2 Å². The number of carbonyl (C=O) groups excluding carboxylic acids is 1. The zero-order chi connectivity index (χ0) is 19.1. The maximum atomic E-state index is 13.2. The van der Waals surface area contributed by atoms with Gasteiger partial charge in [0.25, 0.3) is 11.6 Å². The number of amides is 1. The third-order valence-electron chi connectivity index (χ3n) is 5.28. The van der Waals surface area contributed by atoms with Crippen LogP contribution in [0.15, 0.2) is 16.7 Å². The SMILES string of the molecule is Cc1cc(-c2cc(C(=O)NC3CCNCC3C)c3c(C)noc3n2)c(C)s1. The fourth-order valence-electron chi connectivity index (χ4n) is 3.77. The van der Waals surface area contributed by atoms with Gasteiger partial charge in [-0.3, -0.25) is 4.79 Å². The maximum absolute atomic E-state index is 13.2. The number of nitrogens with one attached hydrogen (secondary N) is 2. The number of aromatic nitrogens is 2. The van der Waals surface area contributed by atoms with E-state index in [0.717, 1.165) is 30.8 Å². The summed E-state index contributed by atoms with van der Waals surface area (Å²) in [5.41, 5.74) is 3.48. The van der Waals surface area contributed by atoms with Crippen LogP contribution in [0.3, 0.4) is 0 Å². The van der Waals surface area contributed by atoms with E-state index >= 15 is 0 Å².